The second-order valence-electron chi connectivity index (χ2n) is 7.18. The molecule has 2 amide bonds. The van der Waals surface area contributed by atoms with Gasteiger partial charge in [0.25, 0.3) is 0 Å². The summed E-state index contributed by atoms with van der Waals surface area (Å²) in [6, 6.07) is 15.7. The van der Waals surface area contributed by atoms with Crippen LogP contribution in [0.5, 0.6) is 5.75 Å². The van der Waals surface area contributed by atoms with E-state index in [1.165, 1.54) is 11.8 Å². The van der Waals surface area contributed by atoms with Gasteiger partial charge in [0.05, 0.1) is 23.8 Å². The molecule has 2 aromatic carbocycles. The Labute approximate surface area is 182 Å². The van der Waals surface area contributed by atoms with E-state index < -0.39 is 0 Å². The molecule has 1 saturated heterocycles. The van der Waals surface area contributed by atoms with Crippen molar-refractivity contribution in [1.82, 2.24) is 4.90 Å². The first-order valence-electron chi connectivity index (χ1n) is 10.3. The lowest BCUT2D eigenvalue weighted by atomic mass is 10.2. The van der Waals surface area contributed by atoms with Crippen LogP contribution in [0, 0.1) is 6.92 Å². The fraction of sp³-hybridized carbons (Fsp3) is 0.391. The number of amides is 2. The third-order valence-electron chi connectivity index (χ3n) is 4.93. The molecule has 1 N–H and O–H groups in total. The zero-order valence-corrected chi connectivity index (χ0v) is 18.4. The minimum Gasteiger partial charge on any atom is -0.492 e. The number of nitrogens with zero attached hydrogens (tertiary/aromatic N) is 2. The molecule has 0 aromatic heterocycles. The summed E-state index contributed by atoms with van der Waals surface area (Å²) in [5.74, 6) is 1.46. The minimum absolute atomic E-state index is 0.0841. The Morgan fingerprint density at radius 2 is 1.70 bits per heavy atom. The first-order valence-corrected chi connectivity index (χ1v) is 11.4. The van der Waals surface area contributed by atoms with Crippen LogP contribution < -0.4 is 15.0 Å². The second-order valence-corrected chi connectivity index (χ2v) is 8.16. The van der Waals surface area contributed by atoms with Crippen molar-refractivity contribution in [2.75, 3.05) is 54.5 Å². The van der Waals surface area contributed by atoms with E-state index in [2.05, 4.69) is 16.3 Å². The fourth-order valence-corrected chi connectivity index (χ4v) is 4.07. The number of hydrogen-bond donors (Lipinski definition) is 1. The Morgan fingerprint density at radius 1 is 1.00 bits per heavy atom. The van der Waals surface area contributed by atoms with Gasteiger partial charge in [-0.25, -0.2) is 0 Å². The summed E-state index contributed by atoms with van der Waals surface area (Å²) in [5, 5.41) is 2.86. The number of carbonyl (C=O) groups excluding carboxylic acids is 2. The summed E-state index contributed by atoms with van der Waals surface area (Å²) in [4.78, 5) is 28.7. The Kier molecular flexibility index (Phi) is 8.02. The van der Waals surface area contributed by atoms with Gasteiger partial charge in [-0.3, -0.25) is 9.59 Å². The van der Waals surface area contributed by atoms with E-state index in [4.69, 9.17) is 4.74 Å². The molecular formula is C23H29N3O3S. The average Bonchev–Trinajstić information content (AvgIpc) is 2.76. The molecule has 0 aliphatic carbocycles. The van der Waals surface area contributed by atoms with Gasteiger partial charge in [-0.05, 0) is 38.1 Å². The highest BCUT2D eigenvalue weighted by Crippen LogP contribution is 2.28. The molecule has 2 aromatic rings. The highest BCUT2D eigenvalue weighted by Gasteiger charge is 2.23. The number of rotatable bonds is 8. The Hall–Kier alpha value is -2.67. The van der Waals surface area contributed by atoms with Crippen molar-refractivity contribution in [2.45, 2.75) is 13.8 Å². The number of anilines is 2. The van der Waals surface area contributed by atoms with Crippen LogP contribution in [0.25, 0.3) is 0 Å². The summed E-state index contributed by atoms with van der Waals surface area (Å²) < 4.78 is 5.72. The number of nitrogens with one attached hydrogen (secondary N) is 1. The summed E-state index contributed by atoms with van der Waals surface area (Å²) >= 11 is 1.35. The van der Waals surface area contributed by atoms with E-state index in [0.29, 0.717) is 25.4 Å². The second kappa shape index (κ2) is 10.9. The van der Waals surface area contributed by atoms with E-state index in [9.17, 15) is 9.59 Å². The molecule has 0 unspecified atom stereocenters. The van der Waals surface area contributed by atoms with Crippen molar-refractivity contribution in [1.29, 1.82) is 0 Å². The fourth-order valence-electron chi connectivity index (χ4n) is 3.35. The lowest BCUT2D eigenvalue weighted by Gasteiger charge is -2.36. The molecule has 160 valence electrons. The molecule has 3 rings (SSSR count). The molecule has 0 bridgehead atoms. The number of thioether (sulfide) groups is 1. The topological polar surface area (TPSA) is 61.9 Å². The Morgan fingerprint density at radius 3 is 2.40 bits per heavy atom. The molecule has 1 aliphatic rings. The van der Waals surface area contributed by atoms with Crippen LogP contribution in [0.4, 0.5) is 11.4 Å². The molecule has 0 atom stereocenters. The molecule has 1 aliphatic heterocycles. The van der Waals surface area contributed by atoms with Gasteiger partial charge in [0.15, 0.2) is 0 Å². The quantitative estimate of drug-likeness (QED) is 0.700. The summed E-state index contributed by atoms with van der Waals surface area (Å²) in [6.07, 6.45) is 0. The standard InChI is InChI=1S/C23H29N3O3S/c1-3-29-21-7-5-4-6-20(21)25-12-14-26(15-13-25)23(28)17-30-16-22(27)24-19-10-8-18(2)9-11-19/h4-11H,3,12-17H2,1-2H3,(H,24,27). The van der Waals surface area contributed by atoms with Crippen LogP contribution in [0.1, 0.15) is 12.5 Å². The number of ether oxygens (including phenoxy) is 1. The van der Waals surface area contributed by atoms with Gasteiger partial charge in [0.2, 0.25) is 11.8 Å². The molecule has 30 heavy (non-hydrogen) atoms. The molecular weight excluding hydrogens is 398 g/mol. The highest BCUT2D eigenvalue weighted by atomic mass is 32.2. The van der Waals surface area contributed by atoms with Crippen LogP contribution in [0.15, 0.2) is 48.5 Å². The minimum atomic E-state index is -0.0889. The Bertz CT molecular complexity index is 849. The zero-order chi connectivity index (χ0) is 21.3. The predicted molar refractivity (Wildman–Crippen MR) is 124 cm³/mol. The van der Waals surface area contributed by atoms with E-state index in [0.717, 1.165) is 35.8 Å². The van der Waals surface area contributed by atoms with Crippen LogP contribution in [-0.2, 0) is 9.59 Å². The molecule has 0 radical (unpaired) electrons. The van der Waals surface area contributed by atoms with Crippen molar-refractivity contribution in [3.8, 4) is 5.75 Å². The SMILES string of the molecule is CCOc1ccccc1N1CCN(C(=O)CSCC(=O)Nc2ccc(C)cc2)CC1. The van der Waals surface area contributed by atoms with Gasteiger partial charge < -0.3 is 19.9 Å². The van der Waals surface area contributed by atoms with Crippen LogP contribution in [0.3, 0.4) is 0 Å². The van der Waals surface area contributed by atoms with E-state index in [1.54, 1.807) is 0 Å². The molecule has 1 heterocycles. The summed E-state index contributed by atoms with van der Waals surface area (Å²) in [5.41, 5.74) is 3.00. The van der Waals surface area contributed by atoms with Crippen molar-refractivity contribution >= 4 is 35.0 Å². The summed E-state index contributed by atoms with van der Waals surface area (Å²) in [7, 11) is 0. The average molecular weight is 428 g/mol. The predicted octanol–water partition coefficient (Wildman–Crippen LogP) is 3.41. The highest BCUT2D eigenvalue weighted by molar-refractivity contribution is 8.00. The van der Waals surface area contributed by atoms with Gasteiger partial charge in [-0.1, -0.05) is 29.8 Å². The zero-order valence-electron chi connectivity index (χ0n) is 17.6. The normalized spacial score (nSPS) is 13.8. The maximum Gasteiger partial charge on any atom is 0.234 e. The number of hydrogen-bond acceptors (Lipinski definition) is 5. The van der Waals surface area contributed by atoms with Crippen molar-refractivity contribution < 1.29 is 14.3 Å². The molecule has 0 saturated carbocycles. The van der Waals surface area contributed by atoms with Crippen LogP contribution in [0.2, 0.25) is 0 Å². The number of para-hydroxylation sites is 2. The molecule has 6 nitrogen and oxygen atoms in total. The van der Waals surface area contributed by atoms with Gasteiger partial charge in [-0.15, -0.1) is 11.8 Å². The lowest BCUT2D eigenvalue weighted by Crippen LogP contribution is -2.49. The van der Waals surface area contributed by atoms with Crippen molar-refractivity contribution in [2.24, 2.45) is 0 Å². The number of aryl methyl sites for hydroxylation is 1. The van der Waals surface area contributed by atoms with Crippen LogP contribution in [-0.4, -0.2) is 61.0 Å². The van der Waals surface area contributed by atoms with Crippen LogP contribution >= 0.6 is 11.8 Å². The molecule has 1 fully saturated rings. The maximum atomic E-state index is 12.5. The van der Waals surface area contributed by atoms with Gasteiger partial charge >= 0.3 is 0 Å². The molecule has 0 spiro atoms. The van der Waals surface area contributed by atoms with Crippen molar-refractivity contribution in [3.63, 3.8) is 0 Å². The van der Waals surface area contributed by atoms with Gasteiger partial charge in [0, 0.05) is 31.9 Å². The lowest BCUT2D eigenvalue weighted by molar-refractivity contribution is -0.128. The smallest absolute Gasteiger partial charge is 0.234 e. The maximum absolute atomic E-state index is 12.5. The third kappa shape index (κ3) is 6.16. The van der Waals surface area contributed by atoms with Crippen molar-refractivity contribution in [3.05, 3.63) is 54.1 Å². The first-order chi connectivity index (χ1) is 14.6. The van der Waals surface area contributed by atoms with E-state index in [1.807, 2.05) is 61.2 Å². The van der Waals surface area contributed by atoms with Gasteiger partial charge in [0.1, 0.15) is 5.75 Å². The molecule has 7 heteroatoms. The Balaban J connectivity index is 1.40. The number of piperazine rings is 1. The summed E-state index contributed by atoms with van der Waals surface area (Å²) in [6.45, 7) is 7.51. The monoisotopic (exact) mass is 427 g/mol. The number of benzene rings is 2. The third-order valence-corrected chi connectivity index (χ3v) is 5.85. The van der Waals surface area contributed by atoms with E-state index in [-0.39, 0.29) is 17.6 Å². The first kappa shape index (κ1) is 22.0. The largest absolute Gasteiger partial charge is 0.492 e. The van der Waals surface area contributed by atoms with E-state index >= 15 is 0 Å². The van der Waals surface area contributed by atoms with Gasteiger partial charge in [-0.2, -0.15) is 0 Å². The number of carbonyl (C=O) groups is 2.